The van der Waals surface area contributed by atoms with Gasteiger partial charge in [-0.3, -0.25) is 4.79 Å². The maximum Gasteiger partial charge on any atom is 0.175 e. The highest BCUT2D eigenvalue weighted by Gasteiger charge is 2.80. The second-order valence-electron chi connectivity index (χ2n) is 6.02. The summed E-state index contributed by atoms with van der Waals surface area (Å²) in [5.41, 5.74) is 0. The number of ether oxygens (including phenoxy) is 4. The Morgan fingerprint density at radius 1 is 1.00 bits per heavy atom. The molecule has 1 aliphatic carbocycles. The van der Waals surface area contributed by atoms with Crippen molar-refractivity contribution in [3.8, 4) is 0 Å². The third-order valence-corrected chi connectivity index (χ3v) is 5.36. The molecule has 0 aromatic rings. The molecule has 17 heavy (non-hydrogen) atoms. The smallest absolute Gasteiger partial charge is 0.175 e. The van der Waals surface area contributed by atoms with Crippen molar-refractivity contribution in [3.05, 3.63) is 0 Å². The summed E-state index contributed by atoms with van der Waals surface area (Å²) in [6.45, 7) is 3.60. The zero-order valence-corrected chi connectivity index (χ0v) is 9.66. The van der Waals surface area contributed by atoms with Crippen LogP contribution in [0, 0.1) is 29.6 Å². The summed E-state index contributed by atoms with van der Waals surface area (Å²) in [5, 5.41) is 0. The zero-order valence-electron chi connectivity index (χ0n) is 9.66. The van der Waals surface area contributed by atoms with Crippen LogP contribution in [-0.2, 0) is 23.7 Å². The van der Waals surface area contributed by atoms with Crippen LogP contribution in [0.15, 0.2) is 0 Å². The first-order valence-corrected chi connectivity index (χ1v) is 6.27. The maximum atomic E-state index is 12.0. The summed E-state index contributed by atoms with van der Waals surface area (Å²) in [6, 6.07) is 0. The normalized spacial score (nSPS) is 69.3. The maximum absolute atomic E-state index is 12.0. The van der Waals surface area contributed by atoms with Crippen LogP contribution in [0.5, 0.6) is 0 Å². The van der Waals surface area contributed by atoms with E-state index in [1.807, 2.05) is 6.92 Å². The molecule has 4 saturated heterocycles. The minimum atomic E-state index is -0.701. The molecule has 0 amide bonds. The molecule has 4 heterocycles. The Labute approximate surface area is 98.3 Å². The van der Waals surface area contributed by atoms with Crippen molar-refractivity contribution in [2.45, 2.75) is 38.5 Å². The van der Waals surface area contributed by atoms with Crippen LogP contribution in [0.1, 0.15) is 13.8 Å². The molecule has 0 radical (unpaired) electrons. The lowest BCUT2D eigenvalue weighted by atomic mass is 9.78. The highest BCUT2D eigenvalue weighted by Crippen LogP contribution is 2.70. The first-order valence-electron chi connectivity index (χ1n) is 6.27. The van der Waals surface area contributed by atoms with Gasteiger partial charge in [-0.05, 0) is 13.8 Å². The van der Waals surface area contributed by atoms with Crippen molar-refractivity contribution >= 4 is 5.78 Å². The molecule has 0 N–H and O–H groups in total. The number of rotatable bonds is 1. The van der Waals surface area contributed by atoms with E-state index in [2.05, 4.69) is 0 Å². The van der Waals surface area contributed by atoms with E-state index in [9.17, 15) is 4.79 Å². The lowest BCUT2D eigenvalue weighted by Gasteiger charge is -2.43. The highest BCUT2D eigenvalue weighted by atomic mass is 16.9. The number of hydrogen-bond acceptors (Lipinski definition) is 5. The van der Waals surface area contributed by atoms with Crippen molar-refractivity contribution in [2.75, 3.05) is 0 Å². The van der Waals surface area contributed by atoms with Crippen LogP contribution < -0.4 is 0 Å². The second-order valence-corrected chi connectivity index (χ2v) is 6.02. The number of ketones is 1. The number of hydrogen-bond donors (Lipinski definition) is 0. The zero-order chi connectivity index (χ0) is 11.5. The lowest BCUT2D eigenvalue weighted by Crippen LogP contribution is -2.52. The van der Waals surface area contributed by atoms with Crippen molar-refractivity contribution in [1.82, 2.24) is 0 Å². The summed E-state index contributed by atoms with van der Waals surface area (Å²) >= 11 is 0. The van der Waals surface area contributed by atoms with Gasteiger partial charge in [0.2, 0.25) is 0 Å². The van der Waals surface area contributed by atoms with Crippen molar-refractivity contribution in [2.24, 2.45) is 29.6 Å². The quantitative estimate of drug-likeness (QED) is 0.665. The topological polar surface area (TPSA) is 54.0 Å². The van der Waals surface area contributed by atoms with E-state index in [0.29, 0.717) is 0 Å². The fraction of sp³-hybridized carbons (Fsp3) is 0.917. The standard InChI is InChI=1S/C12H14O5/c1-3(13)4-5-6-7-8(4)12(2)16-10(5)14-9(6)15-11(7)17-12/h4-11H,1-2H3/t4-,5-,6-,7+,8+,9+,10-,11+,12-/m1/s1. The molecule has 5 heteroatoms. The Morgan fingerprint density at radius 2 is 1.65 bits per heavy atom. The molecule has 0 aromatic heterocycles. The van der Waals surface area contributed by atoms with E-state index < -0.39 is 5.79 Å². The van der Waals surface area contributed by atoms with Crippen LogP contribution >= 0.6 is 0 Å². The van der Waals surface area contributed by atoms with E-state index in [1.54, 1.807) is 6.92 Å². The van der Waals surface area contributed by atoms with Crippen LogP contribution in [0.2, 0.25) is 0 Å². The predicted molar refractivity (Wildman–Crippen MR) is 52.2 cm³/mol. The van der Waals surface area contributed by atoms with Gasteiger partial charge in [0, 0.05) is 29.6 Å². The van der Waals surface area contributed by atoms with Crippen LogP contribution in [0.3, 0.4) is 0 Å². The average Bonchev–Trinajstić information content (AvgIpc) is 2.82. The molecular formula is C12H14O5. The van der Waals surface area contributed by atoms with Gasteiger partial charge < -0.3 is 18.9 Å². The molecule has 5 nitrogen and oxygen atoms in total. The summed E-state index contributed by atoms with van der Waals surface area (Å²) < 4.78 is 23.4. The molecule has 0 spiro atoms. The van der Waals surface area contributed by atoms with Crippen molar-refractivity contribution in [3.63, 3.8) is 0 Å². The minimum Gasteiger partial charge on any atom is -0.323 e. The van der Waals surface area contributed by atoms with Gasteiger partial charge in [0.05, 0.1) is 0 Å². The SMILES string of the molecule is CC(=O)[C@@H]1[C@H]2[C@@H]3O[C@H]4O[C@H]5O[C@@](C)(O3)[C@@H]1[C@@H]5[C@H]42. The van der Waals surface area contributed by atoms with Gasteiger partial charge in [0.1, 0.15) is 5.78 Å². The van der Waals surface area contributed by atoms with Gasteiger partial charge in [-0.25, -0.2) is 0 Å². The minimum absolute atomic E-state index is 0.0210. The molecule has 92 valence electrons. The second kappa shape index (κ2) is 2.45. The Bertz CT molecular complexity index is 437. The first-order chi connectivity index (χ1) is 8.10. The number of Topliss-reactive ketones (excluding diaryl/α,β-unsaturated/α-hetero) is 1. The fourth-order valence-corrected chi connectivity index (χ4v) is 5.00. The Morgan fingerprint density at radius 3 is 2.29 bits per heavy atom. The van der Waals surface area contributed by atoms with Gasteiger partial charge in [0.15, 0.2) is 24.7 Å². The fourth-order valence-electron chi connectivity index (χ4n) is 5.00. The summed E-state index contributed by atoms with van der Waals surface area (Å²) in [6.07, 6.45) is -0.795. The highest BCUT2D eigenvalue weighted by molar-refractivity contribution is 5.80. The lowest BCUT2D eigenvalue weighted by molar-refractivity contribution is -0.394. The monoisotopic (exact) mass is 238 g/mol. The van der Waals surface area contributed by atoms with E-state index >= 15 is 0 Å². The van der Waals surface area contributed by atoms with E-state index in [4.69, 9.17) is 18.9 Å². The number of carbonyl (C=O) groups excluding carboxylic acids is 1. The van der Waals surface area contributed by atoms with Crippen LogP contribution in [0.4, 0.5) is 0 Å². The third kappa shape index (κ3) is 0.799. The van der Waals surface area contributed by atoms with E-state index in [0.717, 1.165) is 0 Å². The molecule has 0 unspecified atom stereocenters. The Kier molecular flexibility index (Phi) is 1.36. The molecule has 4 aliphatic heterocycles. The van der Waals surface area contributed by atoms with E-state index in [1.165, 1.54) is 0 Å². The van der Waals surface area contributed by atoms with Crippen molar-refractivity contribution in [1.29, 1.82) is 0 Å². The van der Waals surface area contributed by atoms with Gasteiger partial charge in [-0.1, -0.05) is 0 Å². The Balaban J connectivity index is 1.75. The average molecular weight is 238 g/mol. The first kappa shape index (κ1) is 9.44. The Hall–Kier alpha value is -0.490. The summed E-state index contributed by atoms with van der Waals surface area (Å²) in [7, 11) is 0. The van der Waals surface area contributed by atoms with Gasteiger partial charge in [-0.15, -0.1) is 0 Å². The largest absolute Gasteiger partial charge is 0.323 e. The van der Waals surface area contributed by atoms with Gasteiger partial charge in [0.25, 0.3) is 0 Å². The summed E-state index contributed by atoms with van der Waals surface area (Å²) in [5.74, 6) is 0.437. The summed E-state index contributed by atoms with van der Waals surface area (Å²) in [4.78, 5) is 12.0. The molecule has 1 saturated carbocycles. The third-order valence-electron chi connectivity index (χ3n) is 5.36. The van der Waals surface area contributed by atoms with Crippen molar-refractivity contribution < 1.29 is 23.7 Å². The molecule has 5 fully saturated rings. The van der Waals surface area contributed by atoms with Gasteiger partial charge in [-0.2, -0.15) is 0 Å². The van der Waals surface area contributed by atoms with Crippen LogP contribution in [0.25, 0.3) is 0 Å². The molecule has 2 bridgehead atoms. The van der Waals surface area contributed by atoms with E-state index in [-0.39, 0.29) is 54.2 Å². The molecule has 9 atom stereocenters. The molecule has 5 aliphatic rings. The van der Waals surface area contributed by atoms with Crippen LogP contribution in [-0.4, -0.2) is 30.4 Å². The molecule has 0 aromatic carbocycles. The van der Waals surface area contributed by atoms with Gasteiger partial charge >= 0.3 is 0 Å². The molecule has 5 rings (SSSR count). The predicted octanol–water partition coefficient (Wildman–Crippen LogP) is 0.485. The number of carbonyl (C=O) groups is 1. The molecular weight excluding hydrogens is 224 g/mol.